The zero-order chi connectivity index (χ0) is 39.1. The Bertz CT molecular complexity index is 1830. The van der Waals surface area contributed by atoms with Crippen molar-refractivity contribution in [3.8, 4) is 0 Å². The van der Waals surface area contributed by atoms with E-state index in [1.165, 1.54) is 12.0 Å². The summed E-state index contributed by atoms with van der Waals surface area (Å²) in [6, 6.07) is 24.7. The molecule has 9 atom stereocenters. The fraction of sp³-hybridized carbons (Fsp3) is 0.395. The number of halogens is 1. The average molecular weight is 815 g/mol. The van der Waals surface area contributed by atoms with Gasteiger partial charge in [0.2, 0.25) is 17.7 Å². The number of fused-ring (bicyclic) bond motifs is 1. The molecule has 1 spiro atoms. The number of nitrogens with one attached hydrogen (secondary N) is 1. The number of carbonyl (C=O) groups is 4. The number of esters is 1. The van der Waals surface area contributed by atoms with Crippen molar-refractivity contribution in [2.75, 3.05) is 26.9 Å². The Hall–Kier alpha value is -4.62. The van der Waals surface area contributed by atoms with Crippen molar-refractivity contribution in [1.82, 2.24) is 15.1 Å². The number of aliphatic hydroxyl groups excluding tert-OH is 1. The summed E-state index contributed by atoms with van der Waals surface area (Å²) in [4.78, 5) is 60.6. The van der Waals surface area contributed by atoms with Crippen molar-refractivity contribution in [3.05, 3.63) is 133 Å². The maximum atomic E-state index is 15.1. The lowest BCUT2D eigenvalue weighted by atomic mass is 9.70. The van der Waals surface area contributed by atoms with Gasteiger partial charge in [-0.3, -0.25) is 19.2 Å². The van der Waals surface area contributed by atoms with Crippen LogP contribution in [0.15, 0.2) is 116 Å². The van der Waals surface area contributed by atoms with Crippen LogP contribution in [0.3, 0.4) is 0 Å². The number of hydrogen-bond donors (Lipinski definition) is 2. The Morgan fingerprint density at radius 3 is 2.25 bits per heavy atom. The van der Waals surface area contributed by atoms with Gasteiger partial charge < -0.3 is 34.4 Å². The van der Waals surface area contributed by atoms with E-state index in [9.17, 15) is 14.7 Å². The van der Waals surface area contributed by atoms with E-state index in [1.54, 1.807) is 65.6 Å². The minimum absolute atomic E-state index is 0.0325. The van der Waals surface area contributed by atoms with Gasteiger partial charge in [-0.15, -0.1) is 13.2 Å². The summed E-state index contributed by atoms with van der Waals surface area (Å²) in [5.41, 5.74) is 0.708. The molecule has 3 heterocycles. The number of benzene rings is 3. The lowest BCUT2D eigenvalue weighted by Gasteiger charge is -2.39. The molecule has 290 valence electrons. The van der Waals surface area contributed by atoms with Gasteiger partial charge in [-0.25, -0.2) is 0 Å². The molecule has 11 nitrogen and oxygen atoms in total. The Kier molecular flexibility index (Phi) is 13.0. The van der Waals surface area contributed by atoms with Gasteiger partial charge in [-0.2, -0.15) is 0 Å². The molecule has 3 saturated heterocycles. The first kappa shape index (κ1) is 40.1. The van der Waals surface area contributed by atoms with Crippen LogP contribution < -0.4 is 5.32 Å². The summed E-state index contributed by atoms with van der Waals surface area (Å²) in [5.74, 6) is -4.05. The van der Waals surface area contributed by atoms with E-state index in [2.05, 4.69) is 34.4 Å². The number of amides is 3. The maximum Gasteiger partial charge on any atom is 0.313 e. The number of likely N-dealkylation sites (tertiary alicyclic amines) is 1. The normalized spacial score (nSPS) is 25.4. The summed E-state index contributed by atoms with van der Waals surface area (Å²) in [6.45, 7) is 7.59. The summed E-state index contributed by atoms with van der Waals surface area (Å²) < 4.78 is 18.7. The van der Waals surface area contributed by atoms with E-state index in [0.717, 1.165) is 5.56 Å². The summed E-state index contributed by atoms with van der Waals surface area (Å²) in [7, 11) is 1.50. The van der Waals surface area contributed by atoms with Crippen LogP contribution in [-0.4, -0.2) is 94.1 Å². The molecule has 0 radical (unpaired) electrons. The number of hydrogen-bond acceptors (Lipinski definition) is 8. The molecule has 6 rings (SSSR count). The smallest absolute Gasteiger partial charge is 0.313 e. The zero-order valence-electron chi connectivity index (χ0n) is 30.9. The summed E-state index contributed by atoms with van der Waals surface area (Å²) >= 11 is 3.76. The Labute approximate surface area is 330 Å². The summed E-state index contributed by atoms with van der Waals surface area (Å²) in [5, 5.41) is 13.9. The number of ether oxygens (including phenoxy) is 3. The van der Waals surface area contributed by atoms with Crippen LogP contribution in [0.5, 0.6) is 0 Å². The van der Waals surface area contributed by atoms with Gasteiger partial charge in [-0.1, -0.05) is 119 Å². The predicted octanol–water partition coefficient (Wildman–Crippen LogP) is 5.06. The number of carbonyl (C=O) groups excluding carboxylic acids is 4. The molecule has 1 unspecified atom stereocenters. The molecule has 3 aromatic carbocycles. The largest absolute Gasteiger partial charge is 0.455 e. The van der Waals surface area contributed by atoms with Crippen LogP contribution in [0.1, 0.15) is 48.1 Å². The molecule has 2 bridgehead atoms. The monoisotopic (exact) mass is 813 g/mol. The average Bonchev–Trinajstić information content (AvgIpc) is 3.80. The van der Waals surface area contributed by atoms with Crippen LogP contribution >= 0.6 is 15.9 Å². The van der Waals surface area contributed by atoms with Crippen molar-refractivity contribution in [2.24, 2.45) is 11.8 Å². The van der Waals surface area contributed by atoms with Gasteiger partial charge in [0.05, 0.1) is 43.2 Å². The molecule has 2 N–H and O–H groups in total. The van der Waals surface area contributed by atoms with Gasteiger partial charge >= 0.3 is 5.97 Å². The van der Waals surface area contributed by atoms with E-state index in [1.807, 2.05) is 42.5 Å². The van der Waals surface area contributed by atoms with Crippen molar-refractivity contribution >= 4 is 39.6 Å². The second-order valence-corrected chi connectivity index (χ2v) is 15.4. The first-order chi connectivity index (χ1) is 26.7. The van der Waals surface area contributed by atoms with Gasteiger partial charge in [0.25, 0.3) is 0 Å². The maximum absolute atomic E-state index is 15.1. The van der Waals surface area contributed by atoms with Crippen LogP contribution in [0.2, 0.25) is 0 Å². The quantitative estimate of drug-likeness (QED) is 0.103. The Morgan fingerprint density at radius 1 is 1.02 bits per heavy atom. The second-order valence-electron chi connectivity index (χ2n) is 14.2. The lowest BCUT2D eigenvalue weighted by molar-refractivity contribution is -0.163. The number of allylic oxidation sites excluding steroid dienone is 1. The van der Waals surface area contributed by atoms with Crippen LogP contribution in [0.25, 0.3) is 0 Å². The van der Waals surface area contributed by atoms with Crippen LogP contribution in [0, 0.1) is 11.8 Å². The molecule has 3 aromatic rings. The van der Waals surface area contributed by atoms with E-state index >= 15 is 9.59 Å². The molecule has 3 aliphatic rings. The van der Waals surface area contributed by atoms with Gasteiger partial charge in [0.1, 0.15) is 17.7 Å². The third-order valence-electron chi connectivity index (χ3n) is 10.8. The predicted molar refractivity (Wildman–Crippen MR) is 209 cm³/mol. The highest BCUT2D eigenvalue weighted by Crippen LogP contribution is 2.61. The van der Waals surface area contributed by atoms with Crippen molar-refractivity contribution in [2.45, 2.75) is 66.6 Å². The molecule has 0 aromatic heterocycles. The molecule has 3 fully saturated rings. The van der Waals surface area contributed by atoms with Gasteiger partial charge in [-0.05, 0) is 29.5 Å². The minimum Gasteiger partial charge on any atom is -0.455 e. The number of rotatable bonds is 18. The van der Waals surface area contributed by atoms with E-state index in [0.29, 0.717) is 17.5 Å². The number of aliphatic hydroxyl groups is 1. The van der Waals surface area contributed by atoms with Crippen molar-refractivity contribution in [1.29, 1.82) is 0 Å². The zero-order valence-corrected chi connectivity index (χ0v) is 32.5. The molecule has 3 aliphatic heterocycles. The SMILES string of the molecule is C=CCCC(=O)N[C@@H](COC)[C@@H](OC(=O)[C@@H]1[C@H]2O[C@@]3(CC2Br)[C@H](C(=O)N(CC=C)Cc2ccccc2)N([C@H](CO)c2ccccc2)C(=O)[C@@H]13)c1ccccc1. The molecule has 0 saturated carbocycles. The molecular formula is C43H48BrN3O8. The minimum atomic E-state index is -1.43. The highest BCUT2D eigenvalue weighted by Gasteiger charge is 2.77. The lowest BCUT2D eigenvalue weighted by Crippen LogP contribution is -2.57. The van der Waals surface area contributed by atoms with Crippen molar-refractivity contribution < 1.29 is 38.5 Å². The first-order valence-electron chi connectivity index (χ1n) is 18.6. The second kappa shape index (κ2) is 17.9. The van der Waals surface area contributed by atoms with Crippen LogP contribution in [-0.2, 0) is 39.9 Å². The molecular weight excluding hydrogens is 766 g/mol. The third-order valence-corrected chi connectivity index (χ3v) is 11.7. The van der Waals surface area contributed by atoms with E-state index in [4.69, 9.17) is 14.2 Å². The van der Waals surface area contributed by atoms with E-state index in [-0.39, 0.29) is 44.4 Å². The highest BCUT2D eigenvalue weighted by atomic mass is 79.9. The molecule has 55 heavy (non-hydrogen) atoms. The Balaban J connectivity index is 1.40. The summed E-state index contributed by atoms with van der Waals surface area (Å²) in [6.07, 6.45) is 2.41. The topological polar surface area (TPSA) is 135 Å². The molecule has 12 heteroatoms. The van der Waals surface area contributed by atoms with Crippen molar-refractivity contribution in [3.63, 3.8) is 0 Å². The third kappa shape index (κ3) is 8.05. The van der Waals surface area contributed by atoms with Gasteiger partial charge in [0, 0.05) is 31.4 Å². The number of alkyl halides is 1. The Morgan fingerprint density at radius 2 is 1.65 bits per heavy atom. The molecule has 0 aliphatic carbocycles. The highest BCUT2D eigenvalue weighted by molar-refractivity contribution is 9.09. The number of nitrogens with zero attached hydrogens (tertiary/aromatic N) is 2. The standard InChI is InChI=1S/C43H48BrN3O8/c1-4-6-22-34(49)45-32(27-53-3)37(30-20-14-9-15-21-30)54-42(52)35-36-40(50)47(33(26-48)29-18-12-8-13-19-29)39(43(36)24-31(44)38(35)55-43)41(51)46(23-5-2)25-28-16-10-7-11-17-28/h4-5,7-21,31-33,35-39,48H,1-2,6,22-27H2,3H3,(H,45,49)/t31?,32-,33+,35-,36+,37-,38-,39-,43+/m0/s1. The van der Waals surface area contributed by atoms with E-state index < -0.39 is 71.1 Å². The number of methoxy groups -OCH3 is 1. The fourth-order valence-corrected chi connectivity index (χ4v) is 9.41. The molecule has 3 amide bonds. The fourth-order valence-electron chi connectivity index (χ4n) is 8.47. The van der Waals surface area contributed by atoms with Crippen LogP contribution in [0.4, 0.5) is 0 Å². The van der Waals surface area contributed by atoms with Gasteiger partial charge in [0.15, 0.2) is 0 Å². The first-order valence-corrected chi connectivity index (χ1v) is 19.5.